The highest BCUT2D eigenvalue weighted by Gasteiger charge is 2.34. The molecule has 23 heavy (non-hydrogen) atoms. The minimum Gasteiger partial charge on any atom is -0.496 e. The van der Waals surface area contributed by atoms with E-state index in [1.165, 1.54) is 0 Å². The van der Waals surface area contributed by atoms with Gasteiger partial charge in [-0.25, -0.2) is 0 Å². The molecule has 1 aliphatic carbocycles. The van der Waals surface area contributed by atoms with Crippen molar-refractivity contribution in [3.8, 4) is 5.75 Å². The molecule has 124 valence electrons. The van der Waals surface area contributed by atoms with E-state index in [1.54, 1.807) is 12.0 Å². The minimum atomic E-state index is -0.424. The summed E-state index contributed by atoms with van der Waals surface area (Å²) in [7, 11) is 1.60. The normalized spacial score (nSPS) is 20.9. The molecule has 1 saturated heterocycles. The van der Waals surface area contributed by atoms with Gasteiger partial charge >= 0.3 is 0 Å². The van der Waals surface area contributed by atoms with Gasteiger partial charge in [-0.2, -0.15) is 0 Å². The molecule has 2 fully saturated rings. The Morgan fingerprint density at radius 1 is 1.35 bits per heavy atom. The lowest BCUT2D eigenvalue weighted by atomic mass is 10.1. The van der Waals surface area contributed by atoms with Gasteiger partial charge in [0, 0.05) is 31.2 Å². The van der Waals surface area contributed by atoms with Gasteiger partial charge in [-0.1, -0.05) is 18.2 Å². The van der Waals surface area contributed by atoms with E-state index >= 15 is 0 Å². The van der Waals surface area contributed by atoms with Gasteiger partial charge in [0.15, 0.2) is 0 Å². The van der Waals surface area contributed by atoms with Gasteiger partial charge in [-0.15, -0.1) is 0 Å². The standard InChI is InChI=1S/C17H23N3O3/c1-23-15-5-3-2-4-12(15)10-16(21)20-9-8-18-11-14(20)17(22)19-13-6-7-13/h2-5,13-14,18H,6-11H2,1H3,(H,19,22). The molecule has 2 N–H and O–H groups in total. The summed E-state index contributed by atoms with van der Waals surface area (Å²) in [6.45, 7) is 1.78. The fourth-order valence-corrected chi connectivity index (χ4v) is 2.88. The number of carbonyl (C=O) groups excluding carboxylic acids is 2. The summed E-state index contributed by atoms with van der Waals surface area (Å²) < 4.78 is 5.31. The Kier molecular flexibility index (Phi) is 4.81. The van der Waals surface area contributed by atoms with Crippen molar-refractivity contribution in [2.75, 3.05) is 26.7 Å². The van der Waals surface area contributed by atoms with Crippen molar-refractivity contribution in [1.29, 1.82) is 0 Å². The SMILES string of the molecule is COc1ccccc1CC(=O)N1CCNCC1C(=O)NC1CC1. The van der Waals surface area contributed by atoms with Crippen LogP contribution in [0.25, 0.3) is 0 Å². The summed E-state index contributed by atoms with van der Waals surface area (Å²) in [5.74, 6) is 0.620. The molecule has 1 aromatic rings. The second-order valence-electron chi connectivity index (χ2n) is 6.08. The van der Waals surface area contributed by atoms with Crippen molar-refractivity contribution >= 4 is 11.8 Å². The molecule has 0 spiro atoms. The first-order valence-corrected chi connectivity index (χ1v) is 8.11. The first kappa shape index (κ1) is 15.8. The molecule has 2 aliphatic rings. The van der Waals surface area contributed by atoms with E-state index in [0.29, 0.717) is 31.4 Å². The highest BCUT2D eigenvalue weighted by Crippen LogP contribution is 2.21. The zero-order valence-corrected chi connectivity index (χ0v) is 13.4. The number of rotatable bonds is 5. The van der Waals surface area contributed by atoms with E-state index in [9.17, 15) is 9.59 Å². The van der Waals surface area contributed by atoms with Crippen molar-refractivity contribution in [3.05, 3.63) is 29.8 Å². The average molecular weight is 317 g/mol. The third kappa shape index (κ3) is 3.82. The van der Waals surface area contributed by atoms with Crippen molar-refractivity contribution in [3.63, 3.8) is 0 Å². The first-order chi connectivity index (χ1) is 11.2. The minimum absolute atomic E-state index is 0.0352. The average Bonchev–Trinajstić information content (AvgIpc) is 3.39. The van der Waals surface area contributed by atoms with Crippen LogP contribution in [0, 0.1) is 0 Å². The Morgan fingerprint density at radius 2 is 2.13 bits per heavy atom. The van der Waals surface area contributed by atoms with Crippen LogP contribution in [-0.2, 0) is 16.0 Å². The summed E-state index contributed by atoms with van der Waals surface area (Å²) in [6.07, 6.45) is 2.33. The van der Waals surface area contributed by atoms with Crippen molar-refractivity contribution in [2.24, 2.45) is 0 Å². The van der Waals surface area contributed by atoms with E-state index in [2.05, 4.69) is 10.6 Å². The van der Waals surface area contributed by atoms with Gasteiger partial charge in [-0.3, -0.25) is 9.59 Å². The van der Waals surface area contributed by atoms with Gasteiger partial charge in [0.2, 0.25) is 11.8 Å². The summed E-state index contributed by atoms with van der Waals surface area (Å²) in [5, 5.41) is 6.20. The molecule has 2 amide bonds. The molecule has 0 aromatic heterocycles. The smallest absolute Gasteiger partial charge is 0.244 e. The number of ether oxygens (including phenoxy) is 1. The number of piperazine rings is 1. The number of amides is 2. The topological polar surface area (TPSA) is 70.7 Å². The fraction of sp³-hybridized carbons (Fsp3) is 0.529. The molecule has 1 atom stereocenters. The van der Waals surface area contributed by atoms with E-state index in [0.717, 1.165) is 18.4 Å². The fourth-order valence-electron chi connectivity index (χ4n) is 2.88. The zero-order chi connectivity index (χ0) is 16.2. The molecule has 6 heteroatoms. The Morgan fingerprint density at radius 3 is 2.87 bits per heavy atom. The molecule has 6 nitrogen and oxygen atoms in total. The Labute approximate surface area is 136 Å². The second-order valence-corrected chi connectivity index (χ2v) is 6.08. The van der Waals surface area contributed by atoms with Crippen molar-refractivity contribution in [1.82, 2.24) is 15.5 Å². The first-order valence-electron chi connectivity index (χ1n) is 8.11. The number of hydrogen-bond donors (Lipinski definition) is 2. The van der Waals surface area contributed by atoms with Crippen LogP contribution in [0.1, 0.15) is 18.4 Å². The van der Waals surface area contributed by atoms with Gasteiger partial charge in [0.25, 0.3) is 0 Å². The van der Waals surface area contributed by atoms with Gasteiger partial charge < -0.3 is 20.3 Å². The molecular formula is C17H23N3O3. The summed E-state index contributed by atoms with van der Waals surface area (Å²) >= 11 is 0. The van der Waals surface area contributed by atoms with Crippen LogP contribution in [-0.4, -0.2) is 55.5 Å². The number of para-hydroxylation sites is 1. The number of nitrogens with one attached hydrogen (secondary N) is 2. The molecule has 1 saturated carbocycles. The monoisotopic (exact) mass is 317 g/mol. The van der Waals surface area contributed by atoms with Crippen LogP contribution in [0.3, 0.4) is 0 Å². The summed E-state index contributed by atoms with van der Waals surface area (Å²) in [4.78, 5) is 26.8. The maximum atomic E-state index is 12.7. The number of hydrogen-bond acceptors (Lipinski definition) is 4. The number of methoxy groups -OCH3 is 1. The third-order valence-electron chi connectivity index (χ3n) is 4.32. The Balaban J connectivity index is 1.69. The molecule has 3 rings (SSSR count). The molecule has 0 radical (unpaired) electrons. The quantitative estimate of drug-likeness (QED) is 0.820. The third-order valence-corrected chi connectivity index (χ3v) is 4.32. The maximum absolute atomic E-state index is 12.7. The lowest BCUT2D eigenvalue weighted by Gasteiger charge is -2.35. The van der Waals surface area contributed by atoms with E-state index in [-0.39, 0.29) is 18.2 Å². The van der Waals surface area contributed by atoms with Gasteiger partial charge in [-0.05, 0) is 18.9 Å². The van der Waals surface area contributed by atoms with Gasteiger partial charge in [0.1, 0.15) is 11.8 Å². The van der Waals surface area contributed by atoms with E-state index in [1.807, 2.05) is 24.3 Å². The van der Waals surface area contributed by atoms with Crippen LogP contribution >= 0.6 is 0 Å². The number of benzene rings is 1. The van der Waals surface area contributed by atoms with E-state index < -0.39 is 6.04 Å². The summed E-state index contributed by atoms with van der Waals surface area (Å²) in [5.41, 5.74) is 0.847. The Bertz CT molecular complexity index is 586. The van der Waals surface area contributed by atoms with Crippen molar-refractivity contribution in [2.45, 2.75) is 31.3 Å². The molecule has 1 aliphatic heterocycles. The van der Waals surface area contributed by atoms with Crippen LogP contribution in [0.4, 0.5) is 0 Å². The van der Waals surface area contributed by atoms with E-state index in [4.69, 9.17) is 4.74 Å². The lowest BCUT2D eigenvalue weighted by molar-refractivity contribution is -0.141. The second kappa shape index (κ2) is 7.00. The van der Waals surface area contributed by atoms with Crippen LogP contribution in [0.5, 0.6) is 5.75 Å². The van der Waals surface area contributed by atoms with Gasteiger partial charge in [0.05, 0.1) is 13.5 Å². The highest BCUT2D eigenvalue weighted by molar-refractivity contribution is 5.89. The predicted molar refractivity (Wildman–Crippen MR) is 86.2 cm³/mol. The summed E-state index contributed by atoms with van der Waals surface area (Å²) in [6, 6.07) is 7.38. The van der Waals surface area contributed by atoms with Crippen molar-refractivity contribution < 1.29 is 14.3 Å². The molecular weight excluding hydrogens is 294 g/mol. The zero-order valence-electron chi connectivity index (χ0n) is 13.4. The molecule has 1 unspecified atom stereocenters. The molecule has 1 aromatic carbocycles. The lowest BCUT2D eigenvalue weighted by Crippen LogP contribution is -2.60. The maximum Gasteiger partial charge on any atom is 0.244 e. The largest absolute Gasteiger partial charge is 0.496 e. The Hall–Kier alpha value is -2.08. The van der Waals surface area contributed by atoms with Crippen LogP contribution < -0.4 is 15.4 Å². The molecule has 1 heterocycles. The van der Waals surface area contributed by atoms with Crippen LogP contribution in [0.2, 0.25) is 0 Å². The van der Waals surface area contributed by atoms with Crippen LogP contribution in [0.15, 0.2) is 24.3 Å². The molecule has 0 bridgehead atoms. The highest BCUT2D eigenvalue weighted by atomic mass is 16.5. The predicted octanol–water partition coefficient (Wildman–Crippen LogP) is 0.317. The number of nitrogens with zero attached hydrogens (tertiary/aromatic N) is 1. The number of carbonyl (C=O) groups is 2.